The molecule has 0 atom stereocenters. The van der Waals surface area contributed by atoms with E-state index in [2.05, 4.69) is 20.8 Å². The van der Waals surface area contributed by atoms with Crippen LogP contribution in [0.2, 0.25) is 0 Å². The second-order valence-corrected chi connectivity index (χ2v) is 3.65. The molecule has 0 aliphatic rings. The summed E-state index contributed by atoms with van der Waals surface area (Å²) >= 11 is 0. The number of hydrogen-bond acceptors (Lipinski definition) is 2. The average Bonchev–Trinajstić information content (AvgIpc) is 1.59. The lowest BCUT2D eigenvalue weighted by molar-refractivity contribution is -0.142. The number of rotatable bonds is 2. The van der Waals surface area contributed by atoms with E-state index in [4.69, 9.17) is 4.84 Å². The Morgan fingerprint density at radius 3 is 1.78 bits per heavy atom. The van der Waals surface area contributed by atoms with E-state index in [1.807, 2.05) is 14.1 Å². The molecule has 2 nitrogen and oxygen atoms in total. The summed E-state index contributed by atoms with van der Waals surface area (Å²) in [6.07, 6.45) is 0. The van der Waals surface area contributed by atoms with Gasteiger partial charge in [0.1, 0.15) is 0 Å². The predicted molar refractivity (Wildman–Crippen MR) is 39.1 cm³/mol. The zero-order chi connectivity index (χ0) is 7.49. The zero-order valence-corrected chi connectivity index (χ0v) is 7.06. The summed E-state index contributed by atoms with van der Waals surface area (Å²) < 4.78 is 0. The minimum Gasteiger partial charge on any atom is -0.299 e. The molecule has 0 aliphatic carbocycles. The van der Waals surface area contributed by atoms with Gasteiger partial charge in [0.25, 0.3) is 0 Å². The molecule has 0 radical (unpaired) electrons. The van der Waals surface area contributed by atoms with Crippen molar-refractivity contribution in [3.05, 3.63) is 0 Å². The average molecular weight is 131 g/mol. The van der Waals surface area contributed by atoms with Gasteiger partial charge < -0.3 is 0 Å². The van der Waals surface area contributed by atoms with E-state index >= 15 is 0 Å². The first-order chi connectivity index (χ1) is 3.92. The summed E-state index contributed by atoms with van der Waals surface area (Å²) in [6, 6.07) is 0. The van der Waals surface area contributed by atoms with Gasteiger partial charge in [-0.2, -0.15) is 5.06 Å². The molecule has 0 spiro atoms. The second kappa shape index (κ2) is 3.18. The monoisotopic (exact) mass is 131 g/mol. The first kappa shape index (κ1) is 8.92. The van der Waals surface area contributed by atoms with Crippen LogP contribution in [0.15, 0.2) is 0 Å². The molecule has 0 N–H and O–H groups in total. The molecule has 2 heteroatoms. The van der Waals surface area contributed by atoms with Crippen LogP contribution < -0.4 is 0 Å². The standard InChI is InChI=1S/C7H17NO/c1-7(2,3)6-9-8(4)5/h6H2,1-5H3. The molecular formula is C7H17NO. The van der Waals surface area contributed by atoms with Gasteiger partial charge in [0.05, 0.1) is 6.61 Å². The van der Waals surface area contributed by atoms with E-state index in [1.54, 1.807) is 5.06 Å². The van der Waals surface area contributed by atoms with E-state index < -0.39 is 0 Å². The third-order valence-electron chi connectivity index (χ3n) is 0.756. The minimum absolute atomic E-state index is 0.268. The van der Waals surface area contributed by atoms with Gasteiger partial charge in [0, 0.05) is 14.1 Å². The summed E-state index contributed by atoms with van der Waals surface area (Å²) in [6.45, 7) is 7.23. The summed E-state index contributed by atoms with van der Waals surface area (Å²) in [5.74, 6) is 0. The smallest absolute Gasteiger partial charge is 0.0733 e. The zero-order valence-electron chi connectivity index (χ0n) is 7.06. The Balaban J connectivity index is 3.28. The van der Waals surface area contributed by atoms with Gasteiger partial charge in [-0.15, -0.1) is 0 Å². The molecule has 0 aliphatic heterocycles. The van der Waals surface area contributed by atoms with Crippen LogP contribution in [0.25, 0.3) is 0 Å². The Kier molecular flexibility index (Phi) is 3.15. The van der Waals surface area contributed by atoms with Crippen molar-refractivity contribution in [2.45, 2.75) is 20.8 Å². The highest BCUT2D eigenvalue weighted by Gasteiger charge is 2.10. The lowest BCUT2D eigenvalue weighted by Gasteiger charge is -2.20. The molecule has 0 rings (SSSR count). The molecule has 0 saturated carbocycles. The van der Waals surface area contributed by atoms with Gasteiger partial charge in [-0.25, -0.2) is 0 Å². The molecule has 0 heterocycles. The Morgan fingerprint density at radius 2 is 1.67 bits per heavy atom. The van der Waals surface area contributed by atoms with Gasteiger partial charge in [-0.3, -0.25) is 4.84 Å². The van der Waals surface area contributed by atoms with Crippen molar-refractivity contribution in [3.63, 3.8) is 0 Å². The third kappa shape index (κ3) is 7.92. The van der Waals surface area contributed by atoms with Crippen molar-refractivity contribution in [1.29, 1.82) is 0 Å². The lowest BCUT2D eigenvalue weighted by atomic mass is 9.99. The molecule has 0 bridgehead atoms. The van der Waals surface area contributed by atoms with Gasteiger partial charge in [0.2, 0.25) is 0 Å². The number of hydrogen-bond donors (Lipinski definition) is 0. The Morgan fingerprint density at radius 1 is 1.22 bits per heavy atom. The highest BCUT2D eigenvalue weighted by atomic mass is 16.7. The topological polar surface area (TPSA) is 12.5 Å². The highest BCUT2D eigenvalue weighted by molar-refractivity contribution is 4.57. The molecule has 0 saturated heterocycles. The quantitative estimate of drug-likeness (QED) is 0.527. The molecule has 0 unspecified atom stereocenters. The Bertz CT molecular complexity index is 73.5. The van der Waals surface area contributed by atoms with Gasteiger partial charge in [-0.05, 0) is 5.41 Å². The van der Waals surface area contributed by atoms with Crippen LogP contribution >= 0.6 is 0 Å². The first-order valence-corrected chi connectivity index (χ1v) is 3.22. The van der Waals surface area contributed by atoms with Crippen LogP contribution in [-0.4, -0.2) is 25.8 Å². The molecule has 9 heavy (non-hydrogen) atoms. The van der Waals surface area contributed by atoms with Crippen LogP contribution in [0.1, 0.15) is 20.8 Å². The van der Waals surface area contributed by atoms with Gasteiger partial charge in [-0.1, -0.05) is 20.8 Å². The SMILES string of the molecule is CN(C)OCC(C)(C)C. The number of hydroxylamine groups is 2. The molecule has 0 fully saturated rings. The first-order valence-electron chi connectivity index (χ1n) is 3.22. The van der Waals surface area contributed by atoms with E-state index in [0.29, 0.717) is 0 Å². The van der Waals surface area contributed by atoms with Crippen LogP contribution in [0, 0.1) is 5.41 Å². The van der Waals surface area contributed by atoms with Crippen molar-refractivity contribution in [3.8, 4) is 0 Å². The molecule has 56 valence electrons. The molecule has 0 amide bonds. The summed E-state index contributed by atoms with van der Waals surface area (Å²) in [5.41, 5.74) is 0.268. The van der Waals surface area contributed by atoms with Crippen LogP contribution in [0.3, 0.4) is 0 Å². The normalized spacial score (nSPS) is 12.7. The minimum atomic E-state index is 0.268. The van der Waals surface area contributed by atoms with Crippen molar-refractivity contribution in [1.82, 2.24) is 5.06 Å². The van der Waals surface area contributed by atoms with E-state index in [1.165, 1.54) is 0 Å². The molecule has 0 aromatic carbocycles. The fourth-order valence-corrected chi connectivity index (χ4v) is 0.323. The van der Waals surface area contributed by atoms with Crippen molar-refractivity contribution in [2.24, 2.45) is 5.41 Å². The maximum Gasteiger partial charge on any atom is 0.0733 e. The highest BCUT2D eigenvalue weighted by Crippen LogP contribution is 2.12. The Hall–Kier alpha value is -0.0800. The van der Waals surface area contributed by atoms with Gasteiger partial charge >= 0.3 is 0 Å². The van der Waals surface area contributed by atoms with E-state index in [-0.39, 0.29) is 5.41 Å². The van der Waals surface area contributed by atoms with Crippen molar-refractivity contribution < 1.29 is 4.84 Å². The van der Waals surface area contributed by atoms with E-state index in [9.17, 15) is 0 Å². The third-order valence-corrected chi connectivity index (χ3v) is 0.756. The van der Waals surface area contributed by atoms with E-state index in [0.717, 1.165) is 6.61 Å². The summed E-state index contributed by atoms with van der Waals surface area (Å²) in [7, 11) is 3.79. The fourth-order valence-electron chi connectivity index (χ4n) is 0.323. The largest absolute Gasteiger partial charge is 0.299 e. The summed E-state index contributed by atoms with van der Waals surface area (Å²) in [5, 5.41) is 1.73. The number of nitrogens with zero attached hydrogens (tertiary/aromatic N) is 1. The van der Waals surface area contributed by atoms with Crippen molar-refractivity contribution >= 4 is 0 Å². The van der Waals surface area contributed by atoms with Crippen molar-refractivity contribution in [2.75, 3.05) is 20.7 Å². The predicted octanol–water partition coefficient (Wildman–Crippen LogP) is 1.53. The fraction of sp³-hybridized carbons (Fsp3) is 1.00. The lowest BCUT2D eigenvalue weighted by Crippen LogP contribution is -2.22. The Labute approximate surface area is 57.8 Å². The second-order valence-electron chi connectivity index (χ2n) is 3.65. The summed E-state index contributed by atoms with van der Waals surface area (Å²) in [4.78, 5) is 5.24. The molecular weight excluding hydrogens is 114 g/mol. The molecule has 0 aromatic rings. The maximum absolute atomic E-state index is 5.24. The van der Waals surface area contributed by atoms with Crippen LogP contribution in [0.5, 0.6) is 0 Å². The molecule has 0 aromatic heterocycles. The van der Waals surface area contributed by atoms with Crippen LogP contribution in [0.4, 0.5) is 0 Å². The van der Waals surface area contributed by atoms with Gasteiger partial charge in [0.15, 0.2) is 0 Å². The maximum atomic E-state index is 5.24. The van der Waals surface area contributed by atoms with Crippen LogP contribution in [-0.2, 0) is 4.84 Å².